The lowest BCUT2D eigenvalue weighted by Gasteiger charge is -2.24. The molecule has 13 heavy (non-hydrogen) atoms. The third-order valence-electron chi connectivity index (χ3n) is 2.03. The number of carbonyl (C=O) groups is 1. The van der Waals surface area contributed by atoms with Crippen LogP contribution in [0.3, 0.4) is 0 Å². The van der Waals surface area contributed by atoms with Gasteiger partial charge in [-0.1, -0.05) is 13.2 Å². The number of hydrogen-bond donors (Lipinski definition) is 0. The molecule has 0 saturated carbocycles. The predicted octanol–water partition coefficient (Wildman–Crippen LogP) is 2.17. The maximum absolute atomic E-state index is 11.3. The van der Waals surface area contributed by atoms with Gasteiger partial charge in [-0.3, -0.25) is 0 Å². The molecule has 0 N–H and O–H groups in total. The smallest absolute Gasteiger partial charge is 0.334 e. The first-order valence-corrected chi connectivity index (χ1v) is 5.35. The average molecular weight is 198 g/mol. The van der Waals surface area contributed by atoms with Crippen LogP contribution in [-0.4, -0.2) is 23.1 Å². The van der Waals surface area contributed by atoms with Crippen LogP contribution in [0.2, 0.25) is 0 Å². The highest BCUT2D eigenvalue weighted by Crippen LogP contribution is 2.32. The van der Waals surface area contributed by atoms with Crippen molar-refractivity contribution in [1.29, 1.82) is 0 Å². The Hall–Kier alpha value is -0.700. The average Bonchev–Trinajstić information content (AvgIpc) is 2.54. The first-order chi connectivity index (χ1) is 6.09. The second kappa shape index (κ2) is 4.01. The zero-order chi connectivity index (χ0) is 9.90. The molecular formula is C10H14O2S. The zero-order valence-corrected chi connectivity index (χ0v) is 8.65. The van der Waals surface area contributed by atoms with Gasteiger partial charge in [-0.05, 0) is 18.8 Å². The van der Waals surface area contributed by atoms with Crippen LogP contribution >= 0.6 is 11.8 Å². The quantitative estimate of drug-likeness (QED) is 0.395. The number of esters is 1. The summed E-state index contributed by atoms with van der Waals surface area (Å²) in [5, 5.41) is 0. The van der Waals surface area contributed by atoms with E-state index in [0.717, 1.165) is 17.9 Å². The van der Waals surface area contributed by atoms with Crippen molar-refractivity contribution in [3.63, 3.8) is 0 Å². The van der Waals surface area contributed by atoms with Gasteiger partial charge in [0.2, 0.25) is 0 Å². The molecule has 0 aromatic heterocycles. The molecule has 1 rings (SSSR count). The van der Waals surface area contributed by atoms with Crippen LogP contribution in [0.25, 0.3) is 0 Å². The Bertz CT molecular complexity index is 239. The molecule has 1 saturated heterocycles. The lowest BCUT2D eigenvalue weighted by Crippen LogP contribution is -2.32. The summed E-state index contributed by atoms with van der Waals surface area (Å²) in [6, 6.07) is 0. The van der Waals surface area contributed by atoms with Gasteiger partial charge >= 0.3 is 5.97 Å². The number of ether oxygens (including phenoxy) is 1. The summed E-state index contributed by atoms with van der Waals surface area (Å²) in [6.45, 7) is 8.91. The summed E-state index contributed by atoms with van der Waals surface area (Å²) >= 11 is 1.78. The number of thioether (sulfide) groups is 1. The molecule has 0 bridgehead atoms. The van der Waals surface area contributed by atoms with Gasteiger partial charge in [0.15, 0.2) is 0 Å². The molecule has 0 aromatic rings. The first kappa shape index (κ1) is 10.4. The Balaban J connectivity index is 2.63. The van der Waals surface area contributed by atoms with Crippen molar-refractivity contribution >= 4 is 17.7 Å². The minimum atomic E-state index is -0.444. The highest BCUT2D eigenvalue weighted by atomic mass is 32.2. The third kappa shape index (κ3) is 2.37. The number of rotatable bonds is 3. The normalized spacial score (nSPS) is 26.8. The molecule has 0 aromatic carbocycles. The molecule has 1 atom stereocenters. The molecule has 2 nitrogen and oxygen atoms in total. The highest BCUT2D eigenvalue weighted by molar-refractivity contribution is 7.99. The van der Waals surface area contributed by atoms with Crippen LogP contribution < -0.4 is 0 Å². The summed E-state index contributed by atoms with van der Waals surface area (Å²) in [5.74, 6) is 1.52. The largest absolute Gasteiger partial charge is 0.451 e. The van der Waals surface area contributed by atoms with Crippen molar-refractivity contribution in [2.24, 2.45) is 0 Å². The number of hydrogen-bond acceptors (Lipinski definition) is 3. The van der Waals surface area contributed by atoms with E-state index in [9.17, 15) is 4.79 Å². The topological polar surface area (TPSA) is 26.3 Å². The van der Waals surface area contributed by atoms with E-state index in [-0.39, 0.29) is 5.97 Å². The zero-order valence-electron chi connectivity index (χ0n) is 7.84. The lowest BCUT2D eigenvalue weighted by atomic mass is 10.0. The summed E-state index contributed by atoms with van der Waals surface area (Å²) < 4.78 is 5.33. The second-order valence-electron chi connectivity index (χ2n) is 3.24. The summed E-state index contributed by atoms with van der Waals surface area (Å²) in [5.41, 5.74) is -0.00104. The molecule has 1 aliphatic rings. The second-order valence-corrected chi connectivity index (χ2v) is 4.35. The molecule has 0 amide bonds. The van der Waals surface area contributed by atoms with Crippen LogP contribution in [0.15, 0.2) is 24.8 Å². The molecule has 1 unspecified atom stereocenters. The molecular weight excluding hydrogens is 184 g/mol. The standard InChI is InChI=1S/C10H14O2S/c1-4-10(5-6-13-7-10)12-9(11)8(2)3/h4H,1-2,5-7H2,3H3. The van der Waals surface area contributed by atoms with Crippen molar-refractivity contribution < 1.29 is 9.53 Å². The van der Waals surface area contributed by atoms with Crippen molar-refractivity contribution in [3.05, 3.63) is 24.8 Å². The van der Waals surface area contributed by atoms with E-state index in [0.29, 0.717) is 5.57 Å². The molecule has 1 aliphatic heterocycles. The van der Waals surface area contributed by atoms with Crippen LogP contribution in [0, 0.1) is 0 Å². The van der Waals surface area contributed by atoms with E-state index in [4.69, 9.17) is 4.74 Å². The van der Waals surface area contributed by atoms with Crippen LogP contribution in [0.4, 0.5) is 0 Å². The van der Waals surface area contributed by atoms with Gasteiger partial charge in [0, 0.05) is 17.7 Å². The van der Waals surface area contributed by atoms with Gasteiger partial charge < -0.3 is 4.74 Å². The van der Waals surface area contributed by atoms with Gasteiger partial charge in [-0.2, -0.15) is 11.8 Å². The summed E-state index contributed by atoms with van der Waals surface area (Å²) in [6.07, 6.45) is 2.59. The minimum absolute atomic E-state index is 0.317. The predicted molar refractivity (Wildman–Crippen MR) is 55.8 cm³/mol. The molecule has 1 heterocycles. The van der Waals surface area contributed by atoms with Crippen molar-refractivity contribution in [2.45, 2.75) is 18.9 Å². The van der Waals surface area contributed by atoms with E-state index >= 15 is 0 Å². The van der Waals surface area contributed by atoms with Crippen LogP contribution in [0.1, 0.15) is 13.3 Å². The molecule has 0 radical (unpaired) electrons. The lowest BCUT2D eigenvalue weighted by molar-refractivity contribution is -0.148. The summed E-state index contributed by atoms with van der Waals surface area (Å²) in [4.78, 5) is 11.3. The summed E-state index contributed by atoms with van der Waals surface area (Å²) in [7, 11) is 0. The van der Waals surface area contributed by atoms with Gasteiger partial charge in [-0.25, -0.2) is 4.79 Å². The molecule has 1 fully saturated rings. The van der Waals surface area contributed by atoms with Gasteiger partial charge in [0.25, 0.3) is 0 Å². The van der Waals surface area contributed by atoms with Gasteiger partial charge in [0.05, 0.1) is 0 Å². The molecule has 0 aliphatic carbocycles. The highest BCUT2D eigenvalue weighted by Gasteiger charge is 2.35. The number of carbonyl (C=O) groups excluding carboxylic acids is 1. The fourth-order valence-electron chi connectivity index (χ4n) is 1.12. The van der Waals surface area contributed by atoms with Crippen LogP contribution in [-0.2, 0) is 9.53 Å². The van der Waals surface area contributed by atoms with E-state index in [2.05, 4.69) is 13.2 Å². The van der Waals surface area contributed by atoms with E-state index in [1.807, 2.05) is 0 Å². The fourth-order valence-corrected chi connectivity index (χ4v) is 2.42. The van der Waals surface area contributed by atoms with E-state index in [1.54, 1.807) is 24.8 Å². The van der Waals surface area contributed by atoms with Gasteiger partial charge in [0.1, 0.15) is 5.60 Å². The molecule has 72 valence electrons. The Labute approximate surface area is 83.0 Å². The van der Waals surface area contributed by atoms with Crippen molar-refractivity contribution in [1.82, 2.24) is 0 Å². The van der Waals surface area contributed by atoms with E-state index in [1.165, 1.54) is 0 Å². The SMILES string of the molecule is C=CC1(OC(=O)C(=C)C)CCSC1. The fraction of sp³-hybridized carbons (Fsp3) is 0.500. The van der Waals surface area contributed by atoms with Crippen molar-refractivity contribution in [3.8, 4) is 0 Å². The Kier molecular flexibility index (Phi) is 3.20. The Morgan fingerprint density at radius 2 is 2.38 bits per heavy atom. The molecule has 0 spiro atoms. The Morgan fingerprint density at radius 3 is 2.77 bits per heavy atom. The maximum atomic E-state index is 11.3. The van der Waals surface area contributed by atoms with Crippen molar-refractivity contribution in [2.75, 3.05) is 11.5 Å². The van der Waals surface area contributed by atoms with Crippen LogP contribution in [0.5, 0.6) is 0 Å². The first-order valence-electron chi connectivity index (χ1n) is 4.20. The van der Waals surface area contributed by atoms with Gasteiger partial charge in [-0.15, -0.1) is 0 Å². The molecule has 3 heteroatoms. The third-order valence-corrected chi connectivity index (χ3v) is 3.22. The Morgan fingerprint density at radius 1 is 1.69 bits per heavy atom. The van der Waals surface area contributed by atoms with E-state index < -0.39 is 5.60 Å². The minimum Gasteiger partial charge on any atom is -0.451 e. The maximum Gasteiger partial charge on any atom is 0.334 e. The monoisotopic (exact) mass is 198 g/mol.